The van der Waals surface area contributed by atoms with Gasteiger partial charge in [0.15, 0.2) is 0 Å². The Morgan fingerprint density at radius 1 is 1.06 bits per heavy atom. The second-order valence-corrected chi connectivity index (χ2v) is 7.70. The van der Waals surface area contributed by atoms with Crippen molar-refractivity contribution in [1.82, 2.24) is 4.57 Å². The fraction of sp³-hybridized carbons (Fsp3) is 0.200. The predicted octanol–water partition coefficient (Wildman–Crippen LogP) is 6.07. The topological polar surface area (TPSA) is 86.7 Å². The molecule has 0 radical (unpaired) electrons. The molecule has 7 nitrogen and oxygen atoms in total. The van der Waals surface area contributed by atoms with Crippen molar-refractivity contribution in [2.24, 2.45) is 5.16 Å². The Hall–Kier alpha value is -4.00. The molecule has 3 aromatic carbocycles. The Bertz CT molecular complexity index is 1380. The van der Waals surface area contributed by atoms with Crippen LogP contribution in [0.5, 0.6) is 0 Å². The Morgan fingerprint density at radius 3 is 2.53 bits per heavy atom. The van der Waals surface area contributed by atoms with Crippen LogP contribution in [-0.4, -0.2) is 21.2 Å². The fourth-order valence-electron chi connectivity index (χ4n) is 3.99. The molecule has 0 saturated carbocycles. The number of hydrogen-bond donors (Lipinski definition) is 0. The summed E-state index contributed by atoms with van der Waals surface area (Å²) in [4.78, 5) is 27.4. The lowest BCUT2D eigenvalue weighted by molar-refractivity contribution is -0.384. The Labute approximate surface area is 185 Å². The molecule has 32 heavy (non-hydrogen) atoms. The van der Waals surface area contributed by atoms with Gasteiger partial charge >= 0.3 is 5.97 Å². The minimum atomic E-state index is -0.476. The van der Waals surface area contributed by atoms with Gasteiger partial charge in [0.2, 0.25) is 0 Å². The van der Waals surface area contributed by atoms with E-state index in [-0.39, 0.29) is 10.6 Å². The number of nitro benzene ring substituents is 1. The van der Waals surface area contributed by atoms with Crippen LogP contribution in [0.1, 0.15) is 37.8 Å². The van der Waals surface area contributed by atoms with Crippen molar-refractivity contribution < 1.29 is 14.6 Å². The minimum Gasteiger partial charge on any atom is -0.318 e. The molecule has 0 bridgehead atoms. The molecule has 1 heterocycles. The molecule has 0 unspecified atom stereocenters. The average molecular weight is 429 g/mol. The maximum atomic E-state index is 11.4. The van der Waals surface area contributed by atoms with Crippen molar-refractivity contribution in [3.63, 3.8) is 0 Å². The van der Waals surface area contributed by atoms with Gasteiger partial charge in [-0.05, 0) is 37.1 Å². The van der Waals surface area contributed by atoms with E-state index in [0.717, 1.165) is 45.0 Å². The van der Waals surface area contributed by atoms with E-state index < -0.39 is 5.97 Å². The molecule has 0 aliphatic heterocycles. The average Bonchev–Trinajstić information content (AvgIpc) is 3.10. The maximum Gasteiger partial charge on any atom is 0.331 e. The quantitative estimate of drug-likeness (QED) is 0.161. The van der Waals surface area contributed by atoms with Crippen LogP contribution in [0.2, 0.25) is 0 Å². The van der Waals surface area contributed by atoms with E-state index in [1.54, 1.807) is 12.1 Å². The van der Waals surface area contributed by atoms with Gasteiger partial charge in [-0.3, -0.25) is 10.1 Å². The lowest BCUT2D eigenvalue weighted by atomic mass is 10.0. The summed E-state index contributed by atoms with van der Waals surface area (Å²) in [5.74, 6) is -0.476. The number of para-hydroxylation sites is 1. The molecule has 7 heteroatoms. The molecule has 4 rings (SSSR count). The normalized spacial score (nSPS) is 11.8. The number of benzene rings is 3. The predicted molar refractivity (Wildman–Crippen MR) is 125 cm³/mol. The molecule has 0 saturated heterocycles. The third-order valence-corrected chi connectivity index (χ3v) is 5.34. The number of aryl methyl sites for hydroxylation is 1. The molecular formula is C25H23N3O4. The molecule has 4 aromatic rings. The van der Waals surface area contributed by atoms with E-state index in [1.807, 2.05) is 50.2 Å². The molecule has 0 fully saturated rings. The van der Waals surface area contributed by atoms with Gasteiger partial charge in [-0.1, -0.05) is 48.8 Å². The first-order valence-corrected chi connectivity index (χ1v) is 10.4. The van der Waals surface area contributed by atoms with Gasteiger partial charge in [0.25, 0.3) is 5.69 Å². The number of fused-ring (bicyclic) bond motifs is 3. The summed E-state index contributed by atoms with van der Waals surface area (Å²) in [5.41, 5.74) is 5.28. The van der Waals surface area contributed by atoms with Crippen molar-refractivity contribution in [2.75, 3.05) is 0 Å². The smallest absolute Gasteiger partial charge is 0.318 e. The molecule has 0 aliphatic rings. The highest BCUT2D eigenvalue weighted by Crippen LogP contribution is 2.35. The highest BCUT2D eigenvalue weighted by molar-refractivity contribution is 6.11. The van der Waals surface area contributed by atoms with E-state index in [4.69, 9.17) is 4.84 Å². The minimum absolute atomic E-state index is 0.0490. The van der Waals surface area contributed by atoms with Gasteiger partial charge in [0.05, 0.1) is 27.4 Å². The third-order valence-electron chi connectivity index (χ3n) is 5.34. The van der Waals surface area contributed by atoms with E-state index in [0.29, 0.717) is 12.1 Å². The number of carbonyl (C=O) groups excluding carboxylic acids is 1. The summed E-state index contributed by atoms with van der Waals surface area (Å²) in [5, 5.41) is 17.3. The number of hydrogen-bond acceptors (Lipinski definition) is 5. The largest absolute Gasteiger partial charge is 0.331 e. The summed E-state index contributed by atoms with van der Waals surface area (Å²) in [6, 6.07) is 18.8. The molecule has 0 aliphatic carbocycles. The van der Waals surface area contributed by atoms with Gasteiger partial charge in [-0.15, -0.1) is 0 Å². The molecule has 0 amide bonds. The highest BCUT2D eigenvalue weighted by Gasteiger charge is 2.19. The second kappa shape index (κ2) is 8.63. The standard InChI is InChI=1S/C25H23N3O4/c1-4-7-22(26-32-17(3)29)20-12-10-16(2)14-25(20)27-23-9-6-5-8-19(23)21-15-18(28(30)31)11-13-24(21)27/h5-6,8-15H,4,7H2,1-3H3/b26-22+. The first-order valence-electron chi connectivity index (χ1n) is 10.4. The van der Waals surface area contributed by atoms with E-state index in [9.17, 15) is 14.9 Å². The summed E-state index contributed by atoms with van der Waals surface area (Å²) in [6.45, 7) is 5.37. The van der Waals surface area contributed by atoms with E-state index in [2.05, 4.69) is 15.8 Å². The van der Waals surface area contributed by atoms with Gasteiger partial charge < -0.3 is 9.40 Å². The lowest BCUT2D eigenvalue weighted by Crippen LogP contribution is -2.09. The Morgan fingerprint density at radius 2 is 1.81 bits per heavy atom. The van der Waals surface area contributed by atoms with Crippen LogP contribution in [-0.2, 0) is 9.63 Å². The zero-order valence-corrected chi connectivity index (χ0v) is 18.2. The van der Waals surface area contributed by atoms with Crippen LogP contribution in [0.4, 0.5) is 5.69 Å². The molecular weight excluding hydrogens is 406 g/mol. The van der Waals surface area contributed by atoms with Gasteiger partial charge in [0.1, 0.15) is 0 Å². The van der Waals surface area contributed by atoms with Crippen LogP contribution in [0.15, 0.2) is 65.8 Å². The van der Waals surface area contributed by atoms with Crippen LogP contribution < -0.4 is 0 Å². The van der Waals surface area contributed by atoms with Crippen molar-refractivity contribution in [2.45, 2.75) is 33.6 Å². The number of non-ortho nitro benzene ring substituents is 1. The zero-order valence-electron chi connectivity index (χ0n) is 18.2. The van der Waals surface area contributed by atoms with Crippen LogP contribution >= 0.6 is 0 Å². The summed E-state index contributed by atoms with van der Waals surface area (Å²) < 4.78 is 2.09. The molecule has 0 spiro atoms. The highest BCUT2D eigenvalue weighted by atomic mass is 16.7. The van der Waals surface area contributed by atoms with Gasteiger partial charge in [-0.2, -0.15) is 0 Å². The van der Waals surface area contributed by atoms with E-state index >= 15 is 0 Å². The number of nitrogens with zero attached hydrogens (tertiary/aromatic N) is 3. The molecule has 162 valence electrons. The fourth-order valence-corrected chi connectivity index (χ4v) is 3.99. The third kappa shape index (κ3) is 3.85. The van der Waals surface area contributed by atoms with Crippen LogP contribution in [0.25, 0.3) is 27.5 Å². The number of aromatic nitrogens is 1. The maximum absolute atomic E-state index is 11.4. The number of carbonyl (C=O) groups is 1. The van der Waals surface area contributed by atoms with Gasteiger partial charge in [0, 0.05) is 35.4 Å². The monoisotopic (exact) mass is 429 g/mol. The zero-order chi connectivity index (χ0) is 22.8. The molecule has 0 atom stereocenters. The SMILES string of the molecule is CCC/C(=N\OC(C)=O)c1ccc(C)cc1-n1c2ccccc2c2cc([N+](=O)[O-])ccc21. The number of nitro groups is 1. The Balaban J connectivity index is 2.06. The second-order valence-electron chi connectivity index (χ2n) is 7.70. The summed E-state index contributed by atoms with van der Waals surface area (Å²) in [6.07, 6.45) is 1.46. The van der Waals surface area contributed by atoms with Crippen LogP contribution in [0.3, 0.4) is 0 Å². The number of oxime groups is 1. The van der Waals surface area contributed by atoms with Crippen molar-refractivity contribution in [1.29, 1.82) is 0 Å². The molecule has 1 aromatic heterocycles. The first kappa shape index (κ1) is 21.2. The van der Waals surface area contributed by atoms with Crippen molar-refractivity contribution in [3.05, 3.63) is 81.9 Å². The van der Waals surface area contributed by atoms with Crippen molar-refractivity contribution in [3.8, 4) is 5.69 Å². The van der Waals surface area contributed by atoms with Gasteiger partial charge in [-0.25, -0.2) is 4.79 Å². The lowest BCUT2D eigenvalue weighted by Gasteiger charge is -2.16. The molecule has 0 N–H and O–H groups in total. The van der Waals surface area contributed by atoms with Crippen LogP contribution in [0, 0.1) is 17.0 Å². The van der Waals surface area contributed by atoms with Crippen molar-refractivity contribution >= 4 is 39.2 Å². The van der Waals surface area contributed by atoms with E-state index in [1.165, 1.54) is 13.0 Å². The number of rotatable bonds is 6. The summed E-state index contributed by atoms with van der Waals surface area (Å²) in [7, 11) is 0. The first-order chi connectivity index (χ1) is 15.4. The Kier molecular flexibility index (Phi) is 5.73. The summed E-state index contributed by atoms with van der Waals surface area (Å²) >= 11 is 0.